The number of aldehydes is 1. The van der Waals surface area contributed by atoms with Gasteiger partial charge in [-0.2, -0.15) is 10.5 Å². The fourth-order valence-electron chi connectivity index (χ4n) is 10.0. The number of aryl methyl sites for hydroxylation is 13. The molecule has 2 amide bonds. The van der Waals surface area contributed by atoms with Crippen molar-refractivity contribution in [2.75, 3.05) is 73.0 Å². The number of aliphatic carboxylic acids is 1. The molecular formula is C90H113ClN7O14P. The Bertz CT molecular complexity index is 4510. The molecule has 0 unspecified atom stereocenters. The predicted molar refractivity (Wildman–Crippen MR) is 451 cm³/mol. The summed E-state index contributed by atoms with van der Waals surface area (Å²) in [6.07, 6.45) is 10.4. The predicted octanol–water partition coefficient (Wildman–Crippen LogP) is 18.2. The van der Waals surface area contributed by atoms with Gasteiger partial charge in [-0.15, -0.1) is 11.6 Å². The number of nitrogens with one attached hydrogen (secondary N) is 2. The quantitative estimate of drug-likeness (QED) is 0.00834. The Balaban J connectivity index is 0.000000676. The molecule has 0 atom stereocenters. The first-order valence-corrected chi connectivity index (χ1v) is 39.0. The van der Waals surface area contributed by atoms with Crippen LogP contribution in [0.15, 0.2) is 152 Å². The normalized spacial score (nSPS) is 9.99. The van der Waals surface area contributed by atoms with Crippen molar-refractivity contribution in [3.63, 3.8) is 0 Å². The Morgan fingerprint density at radius 2 is 0.885 bits per heavy atom. The van der Waals surface area contributed by atoms with E-state index in [1.165, 1.54) is 112 Å². The van der Waals surface area contributed by atoms with Gasteiger partial charge in [0, 0.05) is 18.7 Å². The Hall–Kier alpha value is -11.3. The summed E-state index contributed by atoms with van der Waals surface area (Å²) < 4.78 is 41.4. The number of nitrogens with two attached hydrogens (primary N) is 1. The molecule has 113 heavy (non-hydrogen) atoms. The Labute approximate surface area is 674 Å². The Morgan fingerprint density at radius 3 is 1.24 bits per heavy atom. The Morgan fingerprint density at radius 1 is 0.513 bits per heavy atom. The zero-order valence-electron chi connectivity index (χ0n) is 68.1. The zero-order valence-corrected chi connectivity index (χ0v) is 69.8. The second-order valence-corrected chi connectivity index (χ2v) is 28.0. The molecule has 0 aliphatic carbocycles. The van der Waals surface area contributed by atoms with Gasteiger partial charge in [0.25, 0.3) is 0 Å². The number of aromatic hydroxyl groups is 2. The van der Waals surface area contributed by atoms with E-state index in [9.17, 15) is 34.0 Å². The van der Waals surface area contributed by atoms with Gasteiger partial charge in [0.15, 0.2) is 47.3 Å². The second kappa shape index (κ2) is 57.7. The summed E-state index contributed by atoms with van der Waals surface area (Å²) in [6.45, 7) is 40.1. The van der Waals surface area contributed by atoms with Crippen molar-refractivity contribution < 1.29 is 67.1 Å². The van der Waals surface area contributed by atoms with Crippen LogP contribution in [-0.2, 0) is 66.5 Å². The molecular weight excluding hydrogens is 1470 g/mol. The van der Waals surface area contributed by atoms with Crippen LogP contribution in [0.1, 0.15) is 138 Å². The zero-order chi connectivity index (χ0) is 84.7. The minimum absolute atomic E-state index is 0.0108. The second-order valence-electron chi connectivity index (χ2n) is 25.7. The van der Waals surface area contributed by atoms with Crippen LogP contribution in [0.2, 0.25) is 0 Å². The number of carboxylic acid groups (broad SMARTS) is 1. The van der Waals surface area contributed by atoms with E-state index in [0.29, 0.717) is 54.9 Å². The number of nitrogens with zero attached hydrogens (tertiary/aromatic N) is 4. The first-order chi connectivity index (χ1) is 54.0. The third-order valence-electron chi connectivity index (χ3n) is 16.9. The van der Waals surface area contributed by atoms with Gasteiger partial charge in [-0.1, -0.05) is 109 Å². The van der Waals surface area contributed by atoms with Crippen LogP contribution in [0.4, 0.5) is 0 Å². The number of benzene rings is 8. The molecule has 21 nitrogen and oxygen atoms in total. The highest BCUT2D eigenvalue weighted by Gasteiger charge is 2.27. The molecule has 0 bridgehead atoms. The maximum atomic E-state index is 12.2. The number of amides is 2. The summed E-state index contributed by atoms with van der Waals surface area (Å²) >= 11 is 4.82. The lowest BCUT2D eigenvalue weighted by molar-refractivity contribution is -0.136. The average Bonchev–Trinajstić information content (AvgIpc) is 0.786. The molecule has 0 radical (unpaired) electrons. The van der Waals surface area contributed by atoms with Crippen LogP contribution in [0.3, 0.4) is 0 Å². The topological polar surface area (TPSA) is 308 Å². The Kier molecular flexibility index (Phi) is 51.0. The standard InChI is InChI=1S/C22H26N2O3.C20H25NO3.C11H11N.C11H17N.C9H10O4.C9H10O.C6H12NO3P.C2H2ClN/c1-16-6-7-18(13-17(16)2)5-4-11-24-22(25)15-19-8-9-20(27-12-10-23)21(14-19)26-3;1-14-6-7-16(11-15(14)2)5-4-10-21-20(23)13-17-8-9-18(22)19(12-17)24-3;1-9-4-5-11(6-7-12-3)8-10(9)2;1-9-5-6-11(4-3-7-12)8-10(9)2;1-13-8-4-6(5-9(11)12)2-3-7(8)10;1-7-3-4-9(6-10)5-8(7)2;1-4-9-11(8,6-7-3)10-5-2;3-1-2-4/h6-9,13-14H,4-5,11-12,15H2,1-3H3,(H,24,25);6-9,11-12,22H,4-5,10,13H2,1-3H3,(H,21,23);4-8H,1-2H3;5-6,8H,3-4,7,12H2,1-2H3;2-4,10H,5H2,1H3,(H,11,12);3-6H,1-2H3;4-6H2,1-2H3;1H2/b;;7-6+;;;;;. The van der Waals surface area contributed by atoms with Crippen molar-refractivity contribution in [1.29, 1.82) is 10.5 Å². The fraction of sp³-hybridized carbons (Fsp3) is 0.356. The maximum absolute atomic E-state index is 12.2. The number of phenolic OH excluding ortho intramolecular Hbond substituents is 2. The van der Waals surface area contributed by atoms with Gasteiger partial charge < -0.3 is 64.5 Å². The fourth-order valence-corrected chi connectivity index (χ4v) is 11.2. The van der Waals surface area contributed by atoms with Crippen LogP contribution >= 0.6 is 19.2 Å². The van der Waals surface area contributed by atoms with Crippen molar-refractivity contribution in [2.24, 2.45) is 5.73 Å². The van der Waals surface area contributed by atoms with Gasteiger partial charge in [-0.25, -0.2) is 11.4 Å². The van der Waals surface area contributed by atoms with Gasteiger partial charge in [0.2, 0.25) is 11.8 Å². The van der Waals surface area contributed by atoms with E-state index in [-0.39, 0.29) is 61.3 Å². The molecule has 8 rings (SSSR count). The summed E-state index contributed by atoms with van der Waals surface area (Å²) in [7, 11) is 1.37. The number of methoxy groups -OCH3 is 3. The van der Waals surface area contributed by atoms with Crippen LogP contribution < -0.4 is 35.3 Å². The number of phenols is 2. The van der Waals surface area contributed by atoms with Crippen LogP contribution in [0, 0.1) is 105 Å². The highest BCUT2D eigenvalue weighted by atomic mass is 35.5. The lowest BCUT2D eigenvalue weighted by atomic mass is 10.0. The highest BCUT2D eigenvalue weighted by molar-refractivity contribution is 7.54. The first kappa shape index (κ1) is 99.7. The van der Waals surface area contributed by atoms with E-state index in [1.54, 1.807) is 56.3 Å². The number of hydrogen-bond acceptors (Lipinski definition) is 16. The lowest BCUT2D eigenvalue weighted by Crippen LogP contribution is -2.26. The van der Waals surface area contributed by atoms with E-state index in [1.807, 2.05) is 56.3 Å². The molecule has 604 valence electrons. The number of ether oxygens (including phenoxy) is 4. The highest BCUT2D eigenvalue weighted by Crippen LogP contribution is 2.48. The van der Waals surface area contributed by atoms with Crippen LogP contribution in [0.25, 0.3) is 15.8 Å². The third kappa shape index (κ3) is 42.7. The smallest absolute Gasteiger partial charge is 0.409 e. The largest absolute Gasteiger partial charge is 0.504 e. The number of carbonyl (C=O) groups excluding carboxylic acids is 3. The minimum atomic E-state index is -3.07. The molecule has 7 N–H and O–H groups in total. The van der Waals surface area contributed by atoms with Gasteiger partial charge >= 0.3 is 19.9 Å². The first-order valence-electron chi connectivity index (χ1n) is 36.8. The van der Waals surface area contributed by atoms with Crippen molar-refractivity contribution in [3.8, 4) is 46.6 Å². The molecule has 0 saturated heterocycles. The molecule has 8 aromatic carbocycles. The van der Waals surface area contributed by atoms with Crippen LogP contribution in [-0.4, -0.2) is 112 Å². The molecule has 0 saturated carbocycles. The molecule has 0 aliphatic heterocycles. The number of rotatable bonds is 29. The minimum Gasteiger partial charge on any atom is -0.504 e. The lowest BCUT2D eigenvalue weighted by Gasteiger charge is -2.11. The average molecular weight is 1580 g/mol. The molecule has 23 heteroatoms. The van der Waals surface area contributed by atoms with E-state index in [0.717, 1.165) is 73.6 Å². The van der Waals surface area contributed by atoms with E-state index in [4.69, 9.17) is 74.1 Å². The van der Waals surface area contributed by atoms with E-state index in [2.05, 4.69) is 142 Å². The number of alkyl halides is 1. The SMILES string of the molecule is COc1cc(CC(=O)NCCCc2ccc(C)c(C)c2)ccc1O.COc1cc(CC(=O)NCCCc2ccc(C)c(C)c2)ccc1OCC#N.COc1cc(CC(=O)O)ccc1O.Cc1ccc(C=O)cc1C.Cc1ccc(CCCN)cc1C.N#CCCl.[C-]#[N+]/C=C/c1ccc(C)c(C)c1.[C-]#[N+]CP(=O)(OCC)OCC. The number of carboxylic acids is 1. The maximum Gasteiger partial charge on any atom is 0.409 e. The molecule has 0 fully saturated rings. The monoisotopic (exact) mass is 1580 g/mol. The van der Waals surface area contributed by atoms with Crippen LogP contribution in [0.5, 0.6) is 34.5 Å². The summed E-state index contributed by atoms with van der Waals surface area (Å²) in [5.41, 5.74) is 26.4. The number of halogens is 1. The molecule has 0 heterocycles. The summed E-state index contributed by atoms with van der Waals surface area (Å²) in [5, 5.41) is 49.2. The van der Waals surface area contributed by atoms with Crippen molar-refractivity contribution in [3.05, 3.63) is 275 Å². The van der Waals surface area contributed by atoms with Gasteiger partial charge in [-0.3, -0.25) is 23.7 Å². The summed E-state index contributed by atoms with van der Waals surface area (Å²) in [6, 6.07) is 49.8. The molecule has 0 aliphatic rings. The van der Waals surface area contributed by atoms with Gasteiger partial charge in [-0.05, 0) is 265 Å². The summed E-state index contributed by atoms with van der Waals surface area (Å²) in [4.78, 5) is 50.9. The van der Waals surface area contributed by atoms with Gasteiger partial charge in [0.1, 0.15) is 18.2 Å². The van der Waals surface area contributed by atoms with Crippen molar-refractivity contribution >= 4 is 49.3 Å². The molecule has 0 aromatic heterocycles. The summed E-state index contributed by atoms with van der Waals surface area (Å²) in [5.74, 6) is 0.917. The molecule has 8 aromatic rings. The number of nitriles is 2. The number of hydrogen-bond donors (Lipinski definition) is 6. The number of carbonyl (C=O) groups is 4. The molecule has 0 spiro atoms. The van der Waals surface area contributed by atoms with Crippen molar-refractivity contribution in [2.45, 2.75) is 141 Å². The van der Waals surface area contributed by atoms with Crippen molar-refractivity contribution in [1.82, 2.24) is 10.6 Å². The van der Waals surface area contributed by atoms with E-state index < -0.39 is 13.6 Å². The third-order valence-corrected chi connectivity index (χ3v) is 18.8. The van der Waals surface area contributed by atoms with E-state index >= 15 is 0 Å². The van der Waals surface area contributed by atoms with Gasteiger partial charge in [0.05, 0.1) is 66.4 Å².